The van der Waals surface area contributed by atoms with Crippen molar-refractivity contribution in [1.82, 2.24) is 5.32 Å². The van der Waals surface area contributed by atoms with Crippen molar-refractivity contribution in [3.8, 4) is 0 Å². The van der Waals surface area contributed by atoms with Crippen molar-refractivity contribution in [1.29, 1.82) is 0 Å². The van der Waals surface area contributed by atoms with Crippen LogP contribution in [0.25, 0.3) is 0 Å². The van der Waals surface area contributed by atoms with Crippen LogP contribution in [-0.4, -0.2) is 68.5 Å². The molecule has 3 atom stereocenters. The van der Waals surface area contributed by atoms with E-state index < -0.39 is 20.0 Å². The second kappa shape index (κ2) is 35.9. The third kappa shape index (κ3) is 37.6. The second-order valence-electron chi connectivity index (χ2n) is 16.4. The molecule has 0 heterocycles. The molecule has 52 heavy (non-hydrogen) atoms. The summed E-state index contributed by atoms with van der Waals surface area (Å²) < 4.78 is 23.1. The van der Waals surface area contributed by atoms with Crippen LogP contribution in [0.2, 0.25) is 0 Å². The van der Waals surface area contributed by atoms with Gasteiger partial charge in [0.15, 0.2) is 0 Å². The van der Waals surface area contributed by atoms with Crippen LogP contribution in [0.4, 0.5) is 0 Å². The van der Waals surface area contributed by atoms with Crippen molar-refractivity contribution in [2.24, 2.45) is 0 Å². The van der Waals surface area contributed by atoms with Crippen molar-refractivity contribution in [2.75, 3.05) is 40.9 Å². The fraction of sp³-hybridized carbons (Fsp3) is 0.930. The number of phosphoric acid groups is 1. The Labute approximate surface area is 322 Å². The molecule has 1 amide bonds. The van der Waals surface area contributed by atoms with E-state index in [1.54, 1.807) is 6.08 Å². The Hall–Kier alpha value is -0.760. The van der Waals surface area contributed by atoms with Crippen LogP contribution < -0.4 is 10.2 Å². The number of carbonyl (C=O) groups is 1. The minimum Gasteiger partial charge on any atom is -0.756 e. The van der Waals surface area contributed by atoms with Crippen molar-refractivity contribution >= 4 is 13.7 Å². The van der Waals surface area contributed by atoms with Gasteiger partial charge in [-0.25, -0.2) is 0 Å². The van der Waals surface area contributed by atoms with Gasteiger partial charge in [0.2, 0.25) is 5.91 Å². The predicted octanol–water partition coefficient (Wildman–Crippen LogP) is 11.3. The summed E-state index contributed by atoms with van der Waals surface area (Å²) in [5.41, 5.74) is 0. The van der Waals surface area contributed by atoms with Gasteiger partial charge in [0.1, 0.15) is 13.2 Å². The maximum Gasteiger partial charge on any atom is 0.268 e. The first-order valence-electron chi connectivity index (χ1n) is 22.1. The number of nitrogens with one attached hydrogen (secondary N) is 1. The third-order valence-corrected chi connectivity index (χ3v) is 11.0. The van der Waals surface area contributed by atoms with Gasteiger partial charge in [0, 0.05) is 6.42 Å². The Morgan fingerprint density at radius 1 is 0.654 bits per heavy atom. The molecule has 0 aromatic rings. The molecule has 0 saturated heterocycles. The maximum atomic E-state index is 12.8. The molecular weight excluding hydrogens is 671 g/mol. The van der Waals surface area contributed by atoms with Crippen LogP contribution >= 0.6 is 7.82 Å². The molecule has 0 radical (unpaired) electrons. The Morgan fingerprint density at radius 2 is 1.04 bits per heavy atom. The number of aliphatic hydroxyl groups is 1. The second-order valence-corrected chi connectivity index (χ2v) is 17.8. The number of aliphatic hydroxyl groups excluding tert-OH is 1. The smallest absolute Gasteiger partial charge is 0.268 e. The number of hydrogen-bond acceptors (Lipinski definition) is 6. The molecule has 0 aromatic heterocycles. The first-order chi connectivity index (χ1) is 25.0. The van der Waals surface area contributed by atoms with Gasteiger partial charge in [0.05, 0.1) is 39.9 Å². The van der Waals surface area contributed by atoms with Crippen molar-refractivity contribution in [3.63, 3.8) is 0 Å². The summed E-state index contributed by atoms with van der Waals surface area (Å²) >= 11 is 0. The zero-order chi connectivity index (χ0) is 38.6. The van der Waals surface area contributed by atoms with Gasteiger partial charge in [-0.05, 0) is 19.3 Å². The summed E-state index contributed by atoms with van der Waals surface area (Å²) in [6.07, 6.45) is 39.7. The van der Waals surface area contributed by atoms with Gasteiger partial charge in [-0.3, -0.25) is 9.36 Å². The van der Waals surface area contributed by atoms with Crippen LogP contribution in [0.5, 0.6) is 0 Å². The van der Waals surface area contributed by atoms with Crippen LogP contribution in [-0.2, 0) is 18.4 Å². The highest BCUT2D eigenvalue weighted by Gasteiger charge is 2.23. The number of rotatable bonds is 40. The normalized spacial score (nSPS) is 14.5. The van der Waals surface area contributed by atoms with Gasteiger partial charge in [-0.15, -0.1) is 0 Å². The summed E-state index contributed by atoms with van der Waals surface area (Å²) in [4.78, 5) is 25.2. The molecule has 0 saturated carbocycles. The van der Waals surface area contributed by atoms with E-state index in [4.69, 9.17) is 9.05 Å². The highest BCUT2D eigenvalue weighted by molar-refractivity contribution is 7.45. The van der Waals surface area contributed by atoms with E-state index in [1.807, 2.05) is 27.2 Å². The van der Waals surface area contributed by atoms with E-state index in [9.17, 15) is 19.4 Å². The molecule has 3 unspecified atom stereocenters. The maximum absolute atomic E-state index is 12.8. The number of allylic oxidation sites excluding steroid dienone is 1. The standard InChI is InChI=1S/C43H87N2O6P/c1-6-8-10-12-14-16-18-19-20-21-22-23-24-25-27-29-31-33-35-37-43(47)44-41(40-51-52(48,49)50-39-38-45(3,4)5)42(46)36-34-32-30-28-26-17-15-13-11-9-7-2/h34,36,41-42,46H,6-33,35,37-40H2,1-5H3,(H-,44,47,48,49)/b36-34+. The van der Waals surface area contributed by atoms with Crippen molar-refractivity contribution < 1.29 is 32.9 Å². The number of amides is 1. The number of carbonyl (C=O) groups excluding carboxylic acids is 1. The summed E-state index contributed by atoms with van der Waals surface area (Å²) in [7, 11) is 1.27. The number of unbranched alkanes of at least 4 members (excludes halogenated alkanes) is 27. The van der Waals surface area contributed by atoms with E-state index in [0.717, 1.165) is 38.5 Å². The zero-order valence-corrected chi connectivity index (χ0v) is 35.9. The van der Waals surface area contributed by atoms with Crippen LogP contribution in [0.1, 0.15) is 206 Å². The largest absolute Gasteiger partial charge is 0.756 e. The summed E-state index contributed by atoms with van der Waals surface area (Å²) in [5, 5.41) is 13.7. The molecule has 0 fully saturated rings. The first kappa shape index (κ1) is 51.2. The third-order valence-electron chi connectivity index (χ3n) is 10.00. The Kier molecular flexibility index (Phi) is 35.4. The summed E-state index contributed by atoms with van der Waals surface area (Å²) in [6, 6.07) is -0.878. The Morgan fingerprint density at radius 3 is 1.44 bits per heavy atom. The van der Waals surface area contributed by atoms with Crippen molar-refractivity contribution in [2.45, 2.75) is 219 Å². The fourth-order valence-corrected chi connectivity index (χ4v) is 7.17. The van der Waals surface area contributed by atoms with Gasteiger partial charge in [-0.2, -0.15) is 0 Å². The monoisotopic (exact) mass is 759 g/mol. The van der Waals surface area contributed by atoms with Crippen LogP contribution in [0, 0.1) is 0 Å². The Bertz CT molecular complexity index is 865. The lowest BCUT2D eigenvalue weighted by atomic mass is 10.0. The van der Waals surface area contributed by atoms with Gasteiger partial charge in [-0.1, -0.05) is 193 Å². The van der Waals surface area contributed by atoms with Gasteiger partial charge in [0.25, 0.3) is 7.82 Å². The molecule has 310 valence electrons. The molecule has 0 spiro atoms. The minimum absolute atomic E-state index is 0.00189. The van der Waals surface area contributed by atoms with Gasteiger partial charge < -0.3 is 28.8 Å². The first-order valence-corrected chi connectivity index (χ1v) is 23.5. The number of likely N-dealkylation sites (N-methyl/N-ethyl adjacent to an activating group) is 1. The minimum atomic E-state index is -4.58. The van der Waals surface area contributed by atoms with E-state index in [2.05, 4.69) is 19.2 Å². The highest BCUT2D eigenvalue weighted by atomic mass is 31.2. The van der Waals surface area contributed by atoms with Gasteiger partial charge >= 0.3 is 0 Å². The van der Waals surface area contributed by atoms with E-state index in [1.165, 1.54) is 148 Å². The van der Waals surface area contributed by atoms with E-state index in [-0.39, 0.29) is 19.1 Å². The molecule has 0 aliphatic rings. The zero-order valence-electron chi connectivity index (χ0n) is 35.0. The molecular formula is C43H87N2O6P. The number of hydrogen-bond donors (Lipinski definition) is 2. The average molecular weight is 759 g/mol. The molecule has 0 aliphatic carbocycles. The summed E-state index contributed by atoms with van der Waals surface area (Å²) in [6.45, 7) is 4.64. The SMILES string of the molecule is CCCCCCCCCCC/C=C/C(O)C(COP(=O)([O-])OCC[N+](C)(C)C)NC(=O)CCCCCCCCCCCCCCCCCCCCC. The molecule has 8 nitrogen and oxygen atoms in total. The van der Waals surface area contributed by atoms with E-state index >= 15 is 0 Å². The lowest BCUT2D eigenvalue weighted by Gasteiger charge is -2.29. The topological polar surface area (TPSA) is 108 Å². The van der Waals surface area contributed by atoms with E-state index in [0.29, 0.717) is 17.4 Å². The molecule has 0 aromatic carbocycles. The van der Waals surface area contributed by atoms with Crippen molar-refractivity contribution in [3.05, 3.63) is 12.2 Å². The Balaban J connectivity index is 4.31. The molecule has 0 aliphatic heterocycles. The highest BCUT2D eigenvalue weighted by Crippen LogP contribution is 2.38. The molecule has 0 rings (SSSR count). The fourth-order valence-electron chi connectivity index (χ4n) is 6.45. The number of nitrogens with zero attached hydrogens (tertiary/aromatic N) is 1. The molecule has 2 N–H and O–H groups in total. The number of quaternary nitrogens is 1. The van der Waals surface area contributed by atoms with Crippen LogP contribution in [0.15, 0.2) is 12.2 Å². The van der Waals surface area contributed by atoms with Crippen LogP contribution in [0.3, 0.4) is 0 Å². The average Bonchev–Trinajstić information content (AvgIpc) is 3.09. The number of phosphoric ester groups is 1. The lowest BCUT2D eigenvalue weighted by Crippen LogP contribution is -2.45. The molecule has 9 heteroatoms. The molecule has 0 bridgehead atoms. The predicted molar refractivity (Wildman–Crippen MR) is 219 cm³/mol. The summed E-state index contributed by atoms with van der Waals surface area (Å²) in [5.74, 6) is -0.196. The quantitative estimate of drug-likeness (QED) is 0.0279. The lowest BCUT2D eigenvalue weighted by molar-refractivity contribution is -0.870.